The number of carbonyl (C=O) groups excluding carboxylic acids is 1. The Kier molecular flexibility index (Phi) is 5.41. The van der Waals surface area contributed by atoms with Crippen LogP contribution < -0.4 is 4.90 Å². The highest BCUT2D eigenvalue weighted by molar-refractivity contribution is 5.81. The van der Waals surface area contributed by atoms with Crippen molar-refractivity contribution in [1.82, 2.24) is 9.88 Å². The van der Waals surface area contributed by atoms with Crippen molar-refractivity contribution in [2.75, 3.05) is 25.1 Å². The number of anilines is 1. The van der Waals surface area contributed by atoms with E-state index in [1.165, 1.54) is 5.56 Å². The number of pyridine rings is 1. The molecule has 0 unspecified atom stereocenters. The van der Waals surface area contributed by atoms with Crippen molar-refractivity contribution < 1.29 is 9.90 Å². The average Bonchev–Trinajstić information content (AvgIpc) is 3.49. The minimum Gasteiger partial charge on any atom is -0.394 e. The summed E-state index contributed by atoms with van der Waals surface area (Å²) in [6.45, 7) is 0.880. The zero-order chi connectivity index (χ0) is 21.4. The lowest BCUT2D eigenvalue weighted by Crippen LogP contribution is -2.48. The van der Waals surface area contributed by atoms with Gasteiger partial charge in [0.1, 0.15) is 0 Å². The van der Waals surface area contributed by atoms with E-state index in [4.69, 9.17) is 0 Å². The van der Waals surface area contributed by atoms with Crippen molar-refractivity contribution in [3.05, 3.63) is 59.4 Å². The van der Waals surface area contributed by atoms with Crippen molar-refractivity contribution in [3.63, 3.8) is 0 Å². The highest BCUT2D eigenvalue weighted by Crippen LogP contribution is 2.49. The molecule has 1 saturated carbocycles. The fourth-order valence-corrected chi connectivity index (χ4v) is 5.77. The van der Waals surface area contributed by atoms with Crippen LogP contribution in [0, 0.1) is 23.7 Å². The Morgan fingerprint density at radius 2 is 1.97 bits per heavy atom. The molecule has 2 fully saturated rings. The Hall–Kier alpha value is -2.84. The van der Waals surface area contributed by atoms with E-state index in [0.717, 1.165) is 55.5 Å². The number of fused-ring (bicyclic) bond motifs is 3. The molecule has 31 heavy (non-hydrogen) atoms. The Morgan fingerprint density at radius 3 is 2.71 bits per heavy atom. The fourth-order valence-electron chi connectivity index (χ4n) is 5.77. The van der Waals surface area contributed by atoms with Crippen molar-refractivity contribution in [1.29, 1.82) is 0 Å². The zero-order valence-electron chi connectivity index (χ0n) is 18.0. The molecule has 1 aromatic heterocycles. The van der Waals surface area contributed by atoms with E-state index in [1.807, 2.05) is 18.2 Å². The van der Waals surface area contributed by atoms with Crippen LogP contribution in [0.25, 0.3) is 0 Å². The van der Waals surface area contributed by atoms with Gasteiger partial charge in [-0.3, -0.25) is 9.78 Å². The van der Waals surface area contributed by atoms with E-state index in [0.29, 0.717) is 5.91 Å². The van der Waals surface area contributed by atoms with Gasteiger partial charge in [-0.25, -0.2) is 0 Å². The maximum atomic E-state index is 13.4. The Bertz CT molecular complexity index is 1020. The lowest BCUT2D eigenvalue weighted by Gasteiger charge is -2.44. The van der Waals surface area contributed by atoms with Crippen LogP contribution in [0.5, 0.6) is 0 Å². The fraction of sp³-hybridized carbons (Fsp3) is 0.462. The first-order chi connectivity index (χ1) is 15.2. The SMILES string of the molecule is CN1c2ccc(C#Cc3cccnc3)cc2[C@@H]2[C@@H](CCN2C(=O)C2CCCC2)[C@H]1CO. The summed E-state index contributed by atoms with van der Waals surface area (Å²) >= 11 is 0. The van der Waals surface area contributed by atoms with Gasteiger partial charge < -0.3 is 14.9 Å². The molecule has 1 aliphatic carbocycles. The number of carbonyl (C=O) groups is 1. The van der Waals surface area contributed by atoms with Crippen LogP contribution in [-0.2, 0) is 4.79 Å². The number of hydrogen-bond donors (Lipinski definition) is 1. The molecule has 160 valence electrons. The summed E-state index contributed by atoms with van der Waals surface area (Å²) in [5.41, 5.74) is 4.09. The quantitative estimate of drug-likeness (QED) is 0.764. The molecule has 2 aromatic rings. The highest BCUT2D eigenvalue weighted by atomic mass is 16.3. The van der Waals surface area contributed by atoms with Gasteiger partial charge in [-0.15, -0.1) is 0 Å². The summed E-state index contributed by atoms with van der Waals surface area (Å²) in [6, 6.07) is 10.2. The van der Waals surface area contributed by atoms with Gasteiger partial charge in [-0.2, -0.15) is 0 Å². The number of hydrogen-bond acceptors (Lipinski definition) is 4. The monoisotopic (exact) mass is 415 g/mol. The van der Waals surface area contributed by atoms with Crippen molar-refractivity contribution in [3.8, 4) is 11.8 Å². The lowest BCUT2D eigenvalue weighted by atomic mass is 9.81. The Morgan fingerprint density at radius 1 is 1.16 bits per heavy atom. The van der Waals surface area contributed by atoms with Gasteiger partial charge in [0.15, 0.2) is 0 Å². The molecule has 2 aliphatic heterocycles. The number of aliphatic hydroxyl groups excluding tert-OH is 1. The van der Waals surface area contributed by atoms with Gasteiger partial charge in [0.2, 0.25) is 5.91 Å². The minimum atomic E-state index is 0.0246. The molecule has 3 atom stereocenters. The first-order valence-electron chi connectivity index (χ1n) is 11.4. The van der Waals surface area contributed by atoms with E-state index < -0.39 is 0 Å². The minimum absolute atomic E-state index is 0.0246. The molecule has 5 heteroatoms. The predicted octanol–water partition coefficient (Wildman–Crippen LogP) is 3.37. The maximum Gasteiger partial charge on any atom is 0.226 e. The summed E-state index contributed by atoms with van der Waals surface area (Å²) in [5, 5.41) is 10.2. The molecule has 3 aliphatic rings. The van der Waals surface area contributed by atoms with E-state index in [-0.39, 0.29) is 30.5 Å². The summed E-state index contributed by atoms with van der Waals surface area (Å²) in [5.74, 6) is 7.18. The van der Waals surface area contributed by atoms with Crippen LogP contribution >= 0.6 is 0 Å². The predicted molar refractivity (Wildman–Crippen MR) is 120 cm³/mol. The van der Waals surface area contributed by atoms with E-state index in [1.54, 1.807) is 12.4 Å². The van der Waals surface area contributed by atoms with Gasteiger partial charge in [0, 0.05) is 54.6 Å². The molecule has 3 heterocycles. The Labute approximate surface area is 184 Å². The molecule has 1 aromatic carbocycles. The van der Waals surface area contributed by atoms with Crippen LogP contribution in [0.4, 0.5) is 5.69 Å². The summed E-state index contributed by atoms with van der Waals surface area (Å²) in [6.07, 6.45) is 8.78. The Balaban J connectivity index is 1.53. The summed E-state index contributed by atoms with van der Waals surface area (Å²) < 4.78 is 0. The molecule has 5 nitrogen and oxygen atoms in total. The molecule has 1 saturated heterocycles. The van der Waals surface area contributed by atoms with Crippen LogP contribution in [0.15, 0.2) is 42.7 Å². The first-order valence-corrected chi connectivity index (χ1v) is 11.4. The zero-order valence-corrected chi connectivity index (χ0v) is 18.0. The largest absolute Gasteiger partial charge is 0.394 e. The second-order valence-electron chi connectivity index (χ2n) is 9.04. The topological polar surface area (TPSA) is 56.7 Å². The molecule has 1 amide bonds. The third-order valence-electron chi connectivity index (χ3n) is 7.35. The summed E-state index contributed by atoms with van der Waals surface area (Å²) in [4.78, 5) is 21.8. The first kappa shape index (κ1) is 20.1. The number of likely N-dealkylation sites (tertiary alicyclic amines) is 1. The van der Waals surface area contributed by atoms with Crippen molar-refractivity contribution in [2.24, 2.45) is 11.8 Å². The van der Waals surface area contributed by atoms with Crippen LogP contribution in [-0.4, -0.2) is 47.1 Å². The van der Waals surface area contributed by atoms with Crippen molar-refractivity contribution in [2.45, 2.75) is 44.2 Å². The second kappa shape index (κ2) is 8.36. The van der Waals surface area contributed by atoms with E-state index in [9.17, 15) is 9.90 Å². The van der Waals surface area contributed by atoms with Gasteiger partial charge in [0.05, 0.1) is 18.7 Å². The number of amides is 1. The molecule has 0 spiro atoms. The van der Waals surface area contributed by atoms with Crippen LogP contribution in [0.1, 0.15) is 54.8 Å². The lowest BCUT2D eigenvalue weighted by molar-refractivity contribution is -0.136. The second-order valence-corrected chi connectivity index (χ2v) is 9.04. The van der Waals surface area contributed by atoms with Gasteiger partial charge in [-0.1, -0.05) is 24.7 Å². The molecule has 5 rings (SSSR count). The van der Waals surface area contributed by atoms with E-state index in [2.05, 4.69) is 45.8 Å². The van der Waals surface area contributed by atoms with Crippen LogP contribution in [0.3, 0.4) is 0 Å². The number of rotatable bonds is 2. The van der Waals surface area contributed by atoms with Crippen LogP contribution in [0.2, 0.25) is 0 Å². The number of likely N-dealkylation sites (N-methyl/N-ethyl adjacent to an activating group) is 1. The number of nitrogens with zero attached hydrogens (tertiary/aromatic N) is 3. The number of benzene rings is 1. The molecule has 0 radical (unpaired) electrons. The summed E-state index contributed by atoms with van der Waals surface area (Å²) in [7, 11) is 2.05. The van der Waals surface area contributed by atoms with E-state index >= 15 is 0 Å². The average molecular weight is 416 g/mol. The van der Waals surface area contributed by atoms with Gasteiger partial charge >= 0.3 is 0 Å². The standard InChI is InChI=1S/C26H29N3O2/c1-28-23-11-10-18(8-9-19-5-4-13-27-16-19)15-22(23)25-21(24(28)17-30)12-14-29(25)26(31)20-6-2-3-7-20/h4-5,10-11,13,15-16,20-21,24-25,30H,2-3,6-7,12,14,17H2,1H3/t21-,24+,25-/m0/s1. The number of aromatic nitrogens is 1. The molecule has 1 N–H and O–H groups in total. The van der Waals surface area contributed by atoms with Crippen molar-refractivity contribution >= 4 is 11.6 Å². The van der Waals surface area contributed by atoms with Gasteiger partial charge in [-0.05, 0) is 55.2 Å². The third kappa shape index (κ3) is 3.59. The highest BCUT2D eigenvalue weighted by Gasteiger charge is 2.48. The normalized spacial score (nSPS) is 25.0. The smallest absolute Gasteiger partial charge is 0.226 e. The molecular weight excluding hydrogens is 386 g/mol. The maximum absolute atomic E-state index is 13.4. The third-order valence-corrected chi connectivity index (χ3v) is 7.35. The van der Waals surface area contributed by atoms with Gasteiger partial charge in [0.25, 0.3) is 0 Å². The molecular formula is C26H29N3O2. The number of aliphatic hydroxyl groups is 1. The molecule has 0 bridgehead atoms.